The normalized spacial score (nSPS) is 21.2. The Morgan fingerprint density at radius 1 is 1.19 bits per heavy atom. The van der Waals surface area contributed by atoms with Gasteiger partial charge in [-0.2, -0.15) is 8.42 Å². The Bertz CT molecular complexity index is 1040. The van der Waals surface area contributed by atoms with Crippen LogP contribution in [0.1, 0.15) is 51.5 Å². The maximum atomic E-state index is 13.1. The highest BCUT2D eigenvalue weighted by Gasteiger charge is 2.47. The zero-order chi connectivity index (χ0) is 26.5. The van der Waals surface area contributed by atoms with Crippen molar-refractivity contribution in [2.75, 3.05) is 6.54 Å². The molecule has 0 aromatic heterocycles. The lowest BCUT2D eigenvalue weighted by molar-refractivity contribution is -0.126. The number of benzene rings is 1. The molecule has 36 heavy (non-hydrogen) atoms. The Morgan fingerprint density at radius 3 is 2.39 bits per heavy atom. The van der Waals surface area contributed by atoms with E-state index in [1.54, 1.807) is 0 Å². The zero-order valence-electron chi connectivity index (χ0n) is 20.5. The van der Waals surface area contributed by atoms with E-state index < -0.39 is 51.2 Å². The van der Waals surface area contributed by atoms with Crippen molar-refractivity contribution in [1.29, 1.82) is 0 Å². The van der Waals surface area contributed by atoms with Crippen LogP contribution in [0.3, 0.4) is 0 Å². The predicted octanol–water partition coefficient (Wildman–Crippen LogP) is 1.12. The highest BCUT2D eigenvalue weighted by molar-refractivity contribution is 7.86. The van der Waals surface area contributed by atoms with E-state index in [0.717, 1.165) is 5.56 Å². The third-order valence-corrected chi connectivity index (χ3v) is 7.42. The highest BCUT2D eigenvalue weighted by atomic mass is 32.2. The van der Waals surface area contributed by atoms with Crippen LogP contribution in [0.15, 0.2) is 30.3 Å². The molecule has 1 heterocycles. The largest absolute Gasteiger partial charge is 0.443 e. The van der Waals surface area contributed by atoms with Crippen molar-refractivity contribution in [2.45, 2.75) is 75.5 Å². The summed E-state index contributed by atoms with van der Waals surface area (Å²) in [5.74, 6) is -1.74. The topological polar surface area (TPSA) is 171 Å². The number of carbonyl (C=O) groups excluding carboxylic acids is 3. The van der Waals surface area contributed by atoms with Gasteiger partial charge in [0.05, 0.1) is 6.04 Å². The molecule has 4 atom stereocenters. The van der Waals surface area contributed by atoms with Crippen molar-refractivity contribution in [1.82, 2.24) is 16.0 Å². The van der Waals surface area contributed by atoms with Gasteiger partial charge in [-0.15, -0.1) is 0 Å². The number of nitrogens with one attached hydrogen (secondary N) is 3. The molecule has 1 aromatic rings. The van der Waals surface area contributed by atoms with Crippen molar-refractivity contribution in [3.8, 4) is 0 Å². The van der Waals surface area contributed by atoms with Crippen LogP contribution in [0.2, 0.25) is 0 Å². The molecule has 1 aromatic carbocycles. The Morgan fingerprint density at radius 2 is 1.86 bits per heavy atom. The number of rotatable bonds is 12. The summed E-state index contributed by atoms with van der Waals surface area (Å²) >= 11 is 0. The Hall–Kier alpha value is -2.70. The van der Waals surface area contributed by atoms with Gasteiger partial charge in [0.15, 0.2) is 0 Å². The van der Waals surface area contributed by atoms with E-state index in [1.807, 2.05) is 44.2 Å². The number of amides is 3. The summed E-state index contributed by atoms with van der Waals surface area (Å²) in [6, 6.07) is 7.06. The van der Waals surface area contributed by atoms with Crippen molar-refractivity contribution in [3.63, 3.8) is 0 Å². The molecule has 11 nitrogen and oxygen atoms in total. The summed E-state index contributed by atoms with van der Waals surface area (Å²) in [7, 11) is -4.93. The van der Waals surface area contributed by atoms with Gasteiger partial charge < -0.3 is 25.8 Å². The first-order chi connectivity index (χ1) is 16.9. The molecule has 1 saturated heterocycles. The number of alkyl carbamates (subject to hydrolysis) is 1. The number of ether oxygens (including phenoxy) is 1. The van der Waals surface area contributed by atoms with Crippen molar-refractivity contribution in [3.05, 3.63) is 35.9 Å². The third kappa shape index (κ3) is 7.90. The molecule has 0 radical (unpaired) electrons. The lowest BCUT2D eigenvalue weighted by Crippen LogP contribution is -2.55. The summed E-state index contributed by atoms with van der Waals surface area (Å²) in [6.45, 7) is 4.08. The molecule has 3 amide bonds. The summed E-state index contributed by atoms with van der Waals surface area (Å²) < 4.78 is 38.3. The second-order valence-corrected chi connectivity index (χ2v) is 11.6. The van der Waals surface area contributed by atoms with Gasteiger partial charge in [0, 0.05) is 18.9 Å². The van der Waals surface area contributed by atoms with E-state index in [0.29, 0.717) is 32.2 Å². The van der Waals surface area contributed by atoms with Gasteiger partial charge in [-0.05, 0) is 43.6 Å². The fraction of sp³-hybridized carbons (Fsp3) is 0.625. The molecule has 1 saturated carbocycles. The van der Waals surface area contributed by atoms with Crippen LogP contribution in [-0.2, 0) is 30.9 Å². The minimum Gasteiger partial charge on any atom is -0.443 e. The highest BCUT2D eigenvalue weighted by Crippen LogP contribution is 2.42. The van der Waals surface area contributed by atoms with Crippen molar-refractivity contribution >= 4 is 28.0 Å². The first kappa shape index (κ1) is 27.9. The van der Waals surface area contributed by atoms with E-state index in [4.69, 9.17) is 4.74 Å². The standard InChI is InChI=1S/C24H35N3O8S/c1-15(2)12-18(27-23(31)35-24(9-10-24)14-16-6-4-3-5-7-16)21(29)26-19(22(30)36(32,33)34)13-17-8-11-25-20(17)28/h3-7,15,17-19,22,30H,8-14H2,1-2H3,(H,25,28)(H,26,29)(H,27,31)(H,32,33,34)/t17-,18-,19-,22?/m0/s1. The molecule has 1 aliphatic heterocycles. The fourth-order valence-electron chi connectivity index (χ4n) is 4.41. The van der Waals surface area contributed by atoms with Crippen LogP contribution < -0.4 is 16.0 Å². The molecule has 12 heteroatoms. The molecule has 200 valence electrons. The van der Waals surface area contributed by atoms with Crippen LogP contribution in [0.25, 0.3) is 0 Å². The maximum Gasteiger partial charge on any atom is 0.408 e. The van der Waals surface area contributed by atoms with Crippen molar-refractivity contribution in [2.24, 2.45) is 11.8 Å². The third-order valence-electron chi connectivity index (χ3n) is 6.48. The smallest absolute Gasteiger partial charge is 0.408 e. The summed E-state index contributed by atoms with van der Waals surface area (Å²) in [5.41, 5.74) is -1.94. The molecule has 1 unspecified atom stereocenters. The van der Waals surface area contributed by atoms with E-state index in [1.165, 1.54) is 0 Å². The minimum atomic E-state index is -4.93. The molecule has 0 spiro atoms. The van der Waals surface area contributed by atoms with E-state index in [9.17, 15) is 32.5 Å². The number of aliphatic hydroxyl groups is 1. The lowest BCUT2D eigenvalue weighted by Gasteiger charge is -2.28. The molecule has 2 fully saturated rings. The van der Waals surface area contributed by atoms with Crippen LogP contribution >= 0.6 is 0 Å². The molecular weight excluding hydrogens is 490 g/mol. The zero-order valence-corrected chi connectivity index (χ0v) is 21.3. The maximum absolute atomic E-state index is 13.1. The summed E-state index contributed by atoms with van der Waals surface area (Å²) in [5, 5.41) is 17.8. The van der Waals surface area contributed by atoms with Crippen LogP contribution in [-0.4, -0.2) is 65.7 Å². The minimum absolute atomic E-state index is 0.0224. The van der Waals surface area contributed by atoms with Gasteiger partial charge in [-0.25, -0.2) is 4.79 Å². The van der Waals surface area contributed by atoms with Crippen LogP contribution in [0, 0.1) is 11.8 Å². The first-order valence-electron chi connectivity index (χ1n) is 12.1. The first-order valence-corrected chi connectivity index (χ1v) is 13.6. The number of hydrogen-bond acceptors (Lipinski definition) is 7. The van der Waals surface area contributed by atoms with Crippen LogP contribution in [0.5, 0.6) is 0 Å². The summed E-state index contributed by atoms with van der Waals surface area (Å²) in [6.07, 6.45) is 1.58. The molecule has 1 aliphatic carbocycles. The molecule has 0 bridgehead atoms. The number of hydrogen-bond donors (Lipinski definition) is 5. The van der Waals surface area contributed by atoms with Gasteiger partial charge in [0.1, 0.15) is 11.6 Å². The quantitative estimate of drug-likeness (QED) is 0.253. The monoisotopic (exact) mass is 525 g/mol. The van der Waals surface area contributed by atoms with Gasteiger partial charge in [0.25, 0.3) is 10.1 Å². The second kappa shape index (κ2) is 11.6. The molecular formula is C24H35N3O8S. The van der Waals surface area contributed by atoms with Crippen LogP contribution in [0.4, 0.5) is 4.79 Å². The van der Waals surface area contributed by atoms with Gasteiger partial charge in [0.2, 0.25) is 17.3 Å². The Labute approximate surface area is 211 Å². The Kier molecular flexibility index (Phi) is 8.96. The fourth-order valence-corrected chi connectivity index (χ4v) is 5.00. The van der Waals surface area contributed by atoms with E-state index in [-0.39, 0.29) is 24.7 Å². The molecule has 3 rings (SSSR count). The lowest BCUT2D eigenvalue weighted by atomic mass is 9.97. The van der Waals surface area contributed by atoms with Gasteiger partial charge >= 0.3 is 6.09 Å². The second-order valence-electron chi connectivity index (χ2n) is 10.1. The summed E-state index contributed by atoms with van der Waals surface area (Å²) in [4.78, 5) is 37.8. The predicted molar refractivity (Wildman–Crippen MR) is 130 cm³/mol. The van der Waals surface area contributed by atoms with Gasteiger partial charge in [-0.1, -0.05) is 44.2 Å². The average molecular weight is 526 g/mol. The number of carbonyl (C=O) groups is 3. The molecule has 5 N–H and O–H groups in total. The van der Waals surface area contributed by atoms with Gasteiger partial charge in [-0.3, -0.25) is 14.1 Å². The Balaban J connectivity index is 1.67. The van der Waals surface area contributed by atoms with E-state index in [2.05, 4.69) is 16.0 Å². The SMILES string of the molecule is CC(C)C[C@H](NC(=O)OC1(Cc2ccccc2)CC1)C(=O)N[C@@H](C[C@@H]1CCNC1=O)C(O)S(=O)(=O)O. The number of aliphatic hydroxyl groups excluding tert-OH is 1. The van der Waals surface area contributed by atoms with Crippen molar-refractivity contribution < 1.29 is 37.2 Å². The average Bonchev–Trinajstić information content (AvgIpc) is 3.41. The molecule has 2 aliphatic rings. The van der Waals surface area contributed by atoms with E-state index >= 15 is 0 Å².